The van der Waals surface area contributed by atoms with Crippen molar-refractivity contribution in [1.29, 1.82) is 0 Å². The summed E-state index contributed by atoms with van der Waals surface area (Å²) in [5.41, 5.74) is 2.18. The van der Waals surface area contributed by atoms with Crippen molar-refractivity contribution in [3.63, 3.8) is 0 Å². The number of pyridine rings is 1. The van der Waals surface area contributed by atoms with Gasteiger partial charge in [-0.25, -0.2) is 9.97 Å². The van der Waals surface area contributed by atoms with Gasteiger partial charge in [-0.2, -0.15) is 0 Å². The molecule has 0 bridgehead atoms. The van der Waals surface area contributed by atoms with Crippen molar-refractivity contribution >= 4 is 5.82 Å². The van der Waals surface area contributed by atoms with Gasteiger partial charge in [0.15, 0.2) is 5.82 Å². The molecule has 4 rings (SSSR count). The molecule has 25 heavy (non-hydrogen) atoms. The molecule has 2 aromatic heterocycles. The summed E-state index contributed by atoms with van der Waals surface area (Å²) in [4.78, 5) is 13.5. The van der Waals surface area contributed by atoms with Crippen LogP contribution in [0.3, 0.4) is 0 Å². The summed E-state index contributed by atoms with van der Waals surface area (Å²) in [5.74, 6) is 1.70. The van der Waals surface area contributed by atoms with Gasteiger partial charge in [0.2, 0.25) is 0 Å². The number of ether oxygens (including phenoxy) is 1. The first-order chi connectivity index (χ1) is 12.3. The summed E-state index contributed by atoms with van der Waals surface area (Å²) in [6.07, 6.45) is 11.6. The SMILES string of the molecule is CCc1cc(NC2CCOC3(CCCC3)C2)nc(-c2ccncc2)n1. The molecule has 1 N–H and O–H groups in total. The number of hydrogen-bond donors (Lipinski definition) is 1. The maximum atomic E-state index is 6.15. The molecule has 2 aromatic rings. The van der Waals surface area contributed by atoms with Crippen LogP contribution in [0.25, 0.3) is 11.4 Å². The van der Waals surface area contributed by atoms with E-state index in [1.165, 1.54) is 25.7 Å². The molecule has 1 atom stereocenters. The maximum Gasteiger partial charge on any atom is 0.161 e. The van der Waals surface area contributed by atoms with Crippen LogP contribution in [0.5, 0.6) is 0 Å². The third-order valence-electron chi connectivity index (χ3n) is 5.44. The zero-order chi connectivity index (χ0) is 17.1. The Balaban J connectivity index is 1.55. The third kappa shape index (κ3) is 3.66. The molecule has 132 valence electrons. The zero-order valence-electron chi connectivity index (χ0n) is 14.9. The largest absolute Gasteiger partial charge is 0.375 e. The Kier molecular flexibility index (Phi) is 4.66. The Hall–Kier alpha value is -2.01. The molecular formula is C20H26N4O. The van der Waals surface area contributed by atoms with Gasteiger partial charge >= 0.3 is 0 Å². The molecule has 5 nitrogen and oxygen atoms in total. The predicted molar refractivity (Wildman–Crippen MR) is 98.4 cm³/mol. The van der Waals surface area contributed by atoms with E-state index >= 15 is 0 Å². The molecule has 1 unspecified atom stereocenters. The predicted octanol–water partition coefficient (Wildman–Crippen LogP) is 4.00. The highest BCUT2D eigenvalue weighted by molar-refractivity contribution is 5.57. The second-order valence-corrected chi connectivity index (χ2v) is 7.23. The second-order valence-electron chi connectivity index (χ2n) is 7.23. The van der Waals surface area contributed by atoms with E-state index in [2.05, 4.69) is 28.3 Å². The van der Waals surface area contributed by atoms with Crippen LogP contribution in [0.15, 0.2) is 30.6 Å². The van der Waals surface area contributed by atoms with Crippen LogP contribution in [0.1, 0.15) is 51.1 Å². The lowest BCUT2D eigenvalue weighted by molar-refractivity contribution is -0.0767. The fourth-order valence-electron chi connectivity index (χ4n) is 4.11. The van der Waals surface area contributed by atoms with Gasteiger partial charge in [-0.1, -0.05) is 19.8 Å². The molecule has 2 fully saturated rings. The number of anilines is 1. The number of aromatic nitrogens is 3. The number of nitrogens with zero attached hydrogens (tertiary/aromatic N) is 3. The number of nitrogens with one attached hydrogen (secondary N) is 1. The number of aryl methyl sites for hydroxylation is 1. The molecule has 2 aliphatic rings. The van der Waals surface area contributed by atoms with Crippen LogP contribution in [-0.2, 0) is 11.2 Å². The Morgan fingerprint density at radius 2 is 2.00 bits per heavy atom. The van der Waals surface area contributed by atoms with Crippen molar-refractivity contribution in [2.24, 2.45) is 0 Å². The minimum Gasteiger partial charge on any atom is -0.375 e. The van der Waals surface area contributed by atoms with Crippen molar-refractivity contribution in [3.8, 4) is 11.4 Å². The smallest absolute Gasteiger partial charge is 0.161 e. The van der Waals surface area contributed by atoms with E-state index < -0.39 is 0 Å². The Morgan fingerprint density at radius 3 is 2.76 bits per heavy atom. The summed E-state index contributed by atoms with van der Waals surface area (Å²) in [7, 11) is 0. The Labute approximate surface area is 149 Å². The molecule has 1 aliphatic heterocycles. The molecular weight excluding hydrogens is 312 g/mol. The van der Waals surface area contributed by atoms with E-state index in [0.29, 0.717) is 6.04 Å². The third-order valence-corrected chi connectivity index (χ3v) is 5.44. The van der Waals surface area contributed by atoms with E-state index in [1.807, 2.05) is 12.1 Å². The van der Waals surface area contributed by atoms with E-state index in [4.69, 9.17) is 9.72 Å². The first-order valence-corrected chi connectivity index (χ1v) is 9.45. The van der Waals surface area contributed by atoms with Gasteiger partial charge in [0.1, 0.15) is 5.82 Å². The molecule has 0 radical (unpaired) electrons. The van der Waals surface area contributed by atoms with E-state index in [0.717, 1.165) is 48.8 Å². The Morgan fingerprint density at radius 1 is 1.20 bits per heavy atom. The molecule has 3 heterocycles. The summed E-state index contributed by atoms with van der Waals surface area (Å²) in [6.45, 7) is 2.98. The summed E-state index contributed by atoms with van der Waals surface area (Å²) < 4.78 is 6.15. The standard InChI is InChI=1S/C20H26N4O/c1-2-16-13-18(24-19(23-16)15-5-10-21-11-6-15)22-17-7-12-25-20(14-17)8-3-4-9-20/h5-6,10-11,13,17H,2-4,7-9,12,14H2,1H3,(H,22,23,24). The van der Waals surface area contributed by atoms with Crippen LogP contribution in [0.4, 0.5) is 5.82 Å². The van der Waals surface area contributed by atoms with Crippen molar-refractivity contribution < 1.29 is 4.74 Å². The highest BCUT2D eigenvalue weighted by atomic mass is 16.5. The van der Waals surface area contributed by atoms with E-state index in [-0.39, 0.29) is 5.60 Å². The molecule has 1 aliphatic carbocycles. The quantitative estimate of drug-likeness (QED) is 0.913. The molecule has 1 saturated carbocycles. The van der Waals surface area contributed by atoms with Crippen LogP contribution in [0.2, 0.25) is 0 Å². The lowest BCUT2D eigenvalue weighted by Gasteiger charge is -2.38. The van der Waals surface area contributed by atoms with Gasteiger partial charge in [-0.3, -0.25) is 4.98 Å². The average Bonchev–Trinajstić information content (AvgIpc) is 3.09. The fraction of sp³-hybridized carbons (Fsp3) is 0.550. The van der Waals surface area contributed by atoms with Gasteiger partial charge in [-0.15, -0.1) is 0 Å². The number of hydrogen-bond acceptors (Lipinski definition) is 5. The van der Waals surface area contributed by atoms with Crippen LogP contribution in [0, 0.1) is 0 Å². The van der Waals surface area contributed by atoms with Gasteiger partial charge in [0.05, 0.1) is 5.60 Å². The highest BCUT2D eigenvalue weighted by Crippen LogP contribution is 2.40. The van der Waals surface area contributed by atoms with E-state index in [1.54, 1.807) is 12.4 Å². The zero-order valence-corrected chi connectivity index (χ0v) is 14.9. The first-order valence-electron chi connectivity index (χ1n) is 9.45. The summed E-state index contributed by atoms with van der Waals surface area (Å²) in [5, 5.41) is 3.67. The van der Waals surface area contributed by atoms with Crippen LogP contribution in [-0.4, -0.2) is 33.2 Å². The van der Waals surface area contributed by atoms with Crippen LogP contribution < -0.4 is 5.32 Å². The molecule has 1 saturated heterocycles. The summed E-state index contributed by atoms with van der Waals surface area (Å²) >= 11 is 0. The lowest BCUT2D eigenvalue weighted by atomic mass is 9.89. The Bertz CT molecular complexity index is 713. The molecule has 0 aromatic carbocycles. The van der Waals surface area contributed by atoms with Crippen LogP contribution >= 0.6 is 0 Å². The minimum atomic E-state index is 0.116. The first kappa shape index (κ1) is 16.5. The van der Waals surface area contributed by atoms with Crippen molar-refractivity contribution in [2.75, 3.05) is 11.9 Å². The molecule has 5 heteroatoms. The average molecular weight is 338 g/mol. The van der Waals surface area contributed by atoms with E-state index in [9.17, 15) is 0 Å². The van der Waals surface area contributed by atoms with Crippen molar-refractivity contribution in [3.05, 3.63) is 36.3 Å². The normalized spacial score (nSPS) is 22.2. The van der Waals surface area contributed by atoms with Gasteiger partial charge < -0.3 is 10.1 Å². The van der Waals surface area contributed by atoms with Crippen molar-refractivity contribution in [1.82, 2.24) is 15.0 Å². The monoisotopic (exact) mass is 338 g/mol. The van der Waals surface area contributed by atoms with Gasteiger partial charge in [-0.05, 0) is 44.2 Å². The molecule has 1 spiro atoms. The molecule has 0 amide bonds. The lowest BCUT2D eigenvalue weighted by Crippen LogP contribution is -2.42. The van der Waals surface area contributed by atoms with Crippen molar-refractivity contribution in [2.45, 2.75) is 63.5 Å². The van der Waals surface area contributed by atoms with Gasteiger partial charge in [0.25, 0.3) is 0 Å². The maximum absolute atomic E-state index is 6.15. The van der Waals surface area contributed by atoms with Gasteiger partial charge in [0, 0.05) is 42.4 Å². The minimum absolute atomic E-state index is 0.116. The fourth-order valence-corrected chi connectivity index (χ4v) is 4.11. The highest BCUT2D eigenvalue weighted by Gasteiger charge is 2.39. The topological polar surface area (TPSA) is 59.9 Å². The second kappa shape index (κ2) is 7.08. The number of rotatable bonds is 4. The summed E-state index contributed by atoms with van der Waals surface area (Å²) in [6, 6.07) is 6.43.